The summed E-state index contributed by atoms with van der Waals surface area (Å²) in [6, 6.07) is 1.61. The van der Waals surface area contributed by atoms with Crippen LogP contribution in [0.1, 0.15) is 0 Å². The number of aromatic nitrogens is 4. The fourth-order valence-electron chi connectivity index (χ4n) is 0.738. The van der Waals surface area contributed by atoms with Crippen molar-refractivity contribution in [2.75, 3.05) is 0 Å². The van der Waals surface area contributed by atoms with Crippen molar-refractivity contribution in [1.82, 2.24) is 19.6 Å². The third-order valence-corrected chi connectivity index (χ3v) is 1.67. The van der Waals surface area contributed by atoms with Gasteiger partial charge in [-0.1, -0.05) is 11.6 Å². The van der Waals surface area contributed by atoms with Crippen LogP contribution in [0.15, 0.2) is 12.3 Å². The molecule has 2 heterocycles. The molecule has 4 nitrogen and oxygen atoms in total. The quantitative estimate of drug-likeness (QED) is 0.588. The Bertz CT molecular complexity index is 396. The Morgan fingerprint density at radius 2 is 2.09 bits per heavy atom. The van der Waals surface area contributed by atoms with Gasteiger partial charge in [0.2, 0.25) is 5.28 Å². The van der Waals surface area contributed by atoms with Crippen LogP contribution in [0.3, 0.4) is 0 Å². The Hall–Kier alpha value is -0.870. The van der Waals surface area contributed by atoms with Gasteiger partial charge in [0.1, 0.15) is 5.15 Å². The second-order valence-electron chi connectivity index (χ2n) is 1.89. The van der Waals surface area contributed by atoms with Crippen LogP contribution in [0, 0.1) is 0 Å². The largest absolute Gasteiger partial charge is 0.257 e. The summed E-state index contributed by atoms with van der Waals surface area (Å²) < 4.78 is 1.54. The van der Waals surface area contributed by atoms with Crippen molar-refractivity contribution >= 4 is 29.0 Å². The lowest BCUT2D eigenvalue weighted by atomic mass is 10.7. The molecule has 2 aromatic heterocycles. The van der Waals surface area contributed by atoms with E-state index in [0.717, 1.165) is 0 Å². The molecule has 0 N–H and O–H groups in total. The maximum atomic E-state index is 5.63. The summed E-state index contributed by atoms with van der Waals surface area (Å²) in [6.45, 7) is 0. The van der Waals surface area contributed by atoms with Gasteiger partial charge < -0.3 is 0 Å². The maximum Gasteiger partial charge on any atom is 0.257 e. The highest BCUT2D eigenvalue weighted by Crippen LogP contribution is 2.09. The van der Waals surface area contributed by atoms with Crippen LogP contribution < -0.4 is 0 Å². The van der Waals surface area contributed by atoms with Crippen LogP contribution in [0.2, 0.25) is 10.4 Å². The van der Waals surface area contributed by atoms with Gasteiger partial charge in [-0.05, 0) is 17.7 Å². The van der Waals surface area contributed by atoms with Crippen molar-refractivity contribution < 1.29 is 0 Å². The van der Waals surface area contributed by atoms with E-state index < -0.39 is 0 Å². The zero-order chi connectivity index (χ0) is 7.84. The van der Waals surface area contributed by atoms with Crippen molar-refractivity contribution in [3.63, 3.8) is 0 Å². The first kappa shape index (κ1) is 6.82. The number of nitrogens with zero attached hydrogens (tertiary/aromatic N) is 4. The Morgan fingerprint density at radius 3 is 2.91 bits per heavy atom. The second-order valence-corrected chi connectivity index (χ2v) is 2.61. The molecule has 0 aliphatic heterocycles. The summed E-state index contributed by atoms with van der Waals surface area (Å²) in [5.74, 6) is 0.405. The van der Waals surface area contributed by atoms with Gasteiger partial charge in [0, 0.05) is 6.20 Å². The fourth-order valence-corrected chi connectivity index (χ4v) is 1.04. The molecule has 2 aromatic rings. The van der Waals surface area contributed by atoms with Crippen molar-refractivity contribution in [3.05, 3.63) is 22.7 Å². The van der Waals surface area contributed by atoms with Gasteiger partial charge >= 0.3 is 0 Å². The molecular weight excluding hydrogens is 187 g/mol. The van der Waals surface area contributed by atoms with Gasteiger partial charge in [-0.15, -0.1) is 10.2 Å². The smallest absolute Gasteiger partial charge is 0.257 e. The molecule has 6 heteroatoms. The monoisotopic (exact) mass is 188 g/mol. The van der Waals surface area contributed by atoms with Crippen LogP contribution >= 0.6 is 23.2 Å². The van der Waals surface area contributed by atoms with E-state index in [1.807, 2.05) is 0 Å². The van der Waals surface area contributed by atoms with E-state index in [0.29, 0.717) is 10.9 Å². The van der Waals surface area contributed by atoms with Gasteiger partial charge in [0.05, 0.1) is 0 Å². The maximum absolute atomic E-state index is 5.63. The lowest BCUT2D eigenvalue weighted by molar-refractivity contribution is 1.10. The first-order chi connectivity index (χ1) is 5.27. The molecule has 0 spiro atoms. The van der Waals surface area contributed by atoms with Crippen LogP contribution in [0.5, 0.6) is 0 Å². The predicted molar refractivity (Wildman–Crippen MR) is 40.8 cm³/mol. The van der Waals surface area contributed by atoms with E-state index in [1.165, 1.54) is 4.40 Å². The summed E-state index contributed by atoms with van der Waals surface area (Å²) in [5, 5.41) is 7.92. The zero-order valence-electron chi connectivity index (χ0n) is 5.20. The minimum atomic E-state index is 0.282. The molecule has 0 bridgehead atoms. The van der Waals surface area contributed by atoms with Gasteiger partial charge in [-0.25, -0.2) is 0 Å². The van der Waals surface area contributed by atoms with E-state index >= 15 is 0 Å². The number of halogens is 2. The van der Waals surface area contributed by atoms with Crippen molar-refractivity contribution in [2.45, 2.75) is 0 Å². The van der Waals surface area contributed by atoms with Crippen molar-refractivity contribution in [2.24, 2.45) is 0 Å². The summed E-state index contributed by atoms with van der Waals surface area (Å²) in [5.41, 5.74) is 0. The van der Waals surface area contributed by atoms with E-state index in [9.17, 15) is 0 Å². The van der Waals surface area contributed by atoms with E-state index in [-0.39, 0.29) is 5.28 Å². The van der Waals surface area contributed by atoms with Gasteiger partial charge in [0.15, 0.2) is 0 Å². The standard InChI is InChI=1S/C5H2Cl2N4/c6-3-1-2-11-4(7)9-10-5(11)8-3/h1-2H. The average Bonchev–Trinajstić information content (AvgIpc) is 2.32. The van der Waals surface area contributed by atoms with Gasteiger partial charge in [-0.3, -0.25) is 4.40 Å². The molecule has 2 rings (SSSR count). The number of fused-ring (bicyclic) bond motifs is 1. The fraction of sp³-hybridized carbons (Fsp3) is 0. The van der Waals surface area contributed by atoms with E-state index in [2.05, 4.69) is 15.2 Å². The Labute approximate surface area is 71.8 Å². The molecule has 11 heavy (non-hydrogen) atoms. The normalized spacial score (nSPS) is 10.7. The van der Waals surface area contributed by atoms with Crippen molar-refractivity contribution in [1.29, 1.82) is 0 Å². The molecule has 0 saturated carbocycles. The average molecular weight is 189 g/mol. The molecule has 0 fully saturated rings. The summed E-state index contributed by atoms with van der Waals surface area (Å²) >= 11 is 11.2. The number of hydrogen-bond donors (Lipinski definition) is 0. The minimum absolute atomic E-state index is 0.282. The molecule has 0 saturated heterocycles. The first-order valence-corrected chi connectivity index (χ1v) is 3.56. The lowest BCUT2D eigenvalue weighted by Crippen LogP contribution is -1.87. The topological polar surface area (TPSA) is 43.1 Å². The molecule has 0 amide bonds. The highest BCUT2D eigenvalue weighted by molar-refractivity contribution is 6.30. The molecule has 0 aromatic carbocycles. The third kappa shape index (κ3) is 1.04. The van der Waals surface area contributed by atoms with Gasteiger partial charge in [0.25, 0.3) is 5.78 Å². The summed E-state index contributed by atoms with van der Waals surface area (Å²) in [4.78, 5) is 3.87. The molecular formula is C5H2Cl2N4. The Morgan fingerprint density at radius 1 is 1.27 bits per heavy atom. The second kappa shape index (κ2) is 2.32. The molecule has 56 valence electrons. The molecule has 0 aliphatic carbocycles. The molecule has 0 atom stereocenters. The Kier molecular flexibility index (Phi) is 1.44. The Balaban J connectivity index is 2.86. The van der Waals surface area contributed by atoms with Crippen LogP contribution in [-0.4, -0.2) is 19.6 Å². The van der Waals surface area contributed by atoms with E-state index in [1.54, 1.807) is 12.3 Å². The van der Waals surface area contributed by atoms with Crippen LogP contribution in [0.25, 0.3) is 5.78 Å². The van der Waals surface area contributed by atoms with Crippen molar-refractivity contribution in [3.8, 4) is 0 Å². The van der Waals surface area contributed by atoms with E-state index in [4.69, 9.17) is 23.2 Å². The zero-order valence-corrected chi connectivity index (χ0v) is 6.71. The molecule has 0 aliphatic rings. The highest BCUT2D eigenvalue weighted by Gasteiger charge is 2.02. The highest BCUT2D eigenvalue weighted by atomic mass is 35.5. The SMILES string of the molecule is Clc1ccn2c(Cl)nnc2n1. The lowest BCUT2D eigenvalue weighted by Gasteiger charge is -1.90. The summed E-state index contributed by atoms with van der Waals surface area (Å²) in [7, 11) is 0. The predicted octanol–water partition coefficient (Wildman–Crippen LogP) is 1.43. The number of rotatable bonds is 0. The first-order valence-electron chi connectivity index (χ1n) is 2.80. The molecule has 0 radical (unpaired) electrons. The third-order valence-electron chi connectivity index (χ3n) is 1.20. The minimum Gasteiger partial charge on any atom is -0.257 e. The number of hydrogen-bond acceptors (Lipinski definition) is 3. The van der Waals surface area contributed by atoms with Crippen LogP contribution in [0.4, 0.5) is 0 Å². The van der Waals surface area contributed by atoms with Gasteiger partial charge in [-0.2, -0.15) is 4.98 Å². The molecule has 0 unspecified atom stereocenters. The van der Waals surface area contributed by atoms with Crippen LogP contribution in [-0.2, 0) is 0 Å². The summed E-state index contributed by atoms with van der Waals surface area (Å²) in [6.07, 6.45) is 1.66.